The predicted molar refractivity (Wildman–Crippen MR) is 138 cm³/mol. The molecule has 0 spiro atoms. The van der Waals surface area contributed by atoms with Crippen molar-refractivity contribution < 1.29 is 8.85 Å². The van der Waals surface area contributed by atoms with Crippen molar-refractivity contribution in [1.82, 2.24) is 0 Å². The summed E-state index contributed by atoms with van der Waals surface area (Å²) in [5.74, 6) is 0. The van der Waals surface area contributed by atoms with E-state index in [0.29, 0.717) is 0 Å². The molecule has 0 amide bonds. The Morgan fingerprint density at radius 1 is 0.633 bits per heavy atom. The van der Waals surface area contributed by atoms with Gasteiger partial charge in [-0.25, -0.2) is 0 Å². The average molecular weight is 445 g/mol. The van der Waals surface area contributed by atoms with Crippen molar-refractivity contribution >= 4 is 27.0 Å². The molecule has 0 aliphatic carbocycles. The van der Waals surface area contributed by atoms with Crippen LogP contribution < -0.4 is 10.4 Å². The normalized spacial score (nSPS) is 12.9. The zero-order chi connectivity index (χ0) is 23.1. The molecule has 2 nitrogen and oxygen atoms in total. The maximum atomic E-state index is 7.40. The molecular weight excluding hydrogens is 400 g/mol. The topological polar surface area (TPSA) is 18.5 Å². The lowest BCUT2D eigenvalue weighted by Crippen LogP contribution is -2.71. The number of hydrogen-bond donors (Lipinski definition) is 0. The molecule has 30 heavy (non-hydrogen) atoms. The molecule has 0 aromatic heterocycles. The van der Waals surface area contributed by atoms with Gasteiger partial charge in [-0.2, -0.15) is 0 Å². The zero-order valence-corrected chi connectivity index (χ0v) is 23.0. The molecule has 0 unspecified atom stereocenters. The third-order valence-corrected chi connectivity index (χ3v) is 17.3. The molecule has 2 aromatic rings. The molecule has 0 fully saturated rings. The SMILES string of the molecule is CC(C)(C)[Si](C)(C)O[Si](c1ccccc1)(c1ccccc1)C(C)(C)C.CCOCC. The Bertz CT molecular complexity index is 688. The molecule has 0 saturated heterocycles. The first-order valence-electron chi connectivity index (χ1n) is 11.2. The smallest absolute Gasteiger partial charge is 0.250 e. The Morgan fingerprint density at radius 2 is 1.00 bits per heavy atom. The van der Waals surface area contributed by atoms with Crippen LogP contribution in [0.15, 0.2) is 60.7 Å². The zero-order valence-electron chi connectivity index (χ0n) is 21.0. The quantitative estimate of drug-likeness (QED) is 0.467. The first-order chi connectivity index (χ1) is 13.8. The van der Waals surface area contributed by atoms with Crippen LogP contribution >= 0.6 is 0 Å². The van der Waals surface area contributed by atoms with Gasteiger partial charge in [0.2, 0.25) is 0 Å². The number of ether oxygens (including phenoxy) is 1. The van der Waals surface area contributed by atoms with E-state index in [-0.39, 0.29) is 10.1 Å². The lowest BCUT2D eigenvalue weighted by molar-refractivity contribution is 0.162. The van der Waals surface area contributed by atoms with Gasteiger partial charge >= 0.3 is 0 Å². The summed E-state index contributed by atoms with van der Waals surface area (Å²) in [6.45, 7) is 24.5. The largest absolute Gasteiger partial charge is 0.448 e. The van der Waals surface area contributed by atoms with Crippen molar-refractivity contribution in [3.8, 4) is 0 Å². The van der Waals surface area contributed by atoms with Crippen molar-refractivity contribution in [2.75, 3.05) is 13.2 Å². The van der Waals surface area contributed by atoms with Crippen molar-refractivity contribution in [3.05, 3.63) is 60.7 Å². The minimum atomic E-state index is -2.43. The molecular formula is C26H44O2Si2. The van der Waals surface area contributed by atoms with Gasteiger partial charge in [0.05, 0.1) is 0 Å². The van der Waals surface area contributed by atoms with E-state index in [1.54, 1.807) is 0 Å². The van der Waals surface area contributed by atoms with E-state index < -0.39 is 16.6 Å². The number of benzene rings is 2. The van der Waals surface area contributed by atoms with Gasteiger partial charge in [0.1, 0.15) is 0 Å². The summed E-state index contributed by atoms with van der Waals surface area (Å²) in [6, 6.07) is 21.9. The fourth-order valence-corrected chi connectivity index (χ4v) is 13.2. The summed E-state index contributed by atoms with van der Waals surface area (Å²) in [5, 5.41) is 2.97. The highest BCUT2D eigenvalue weighted by Crippen LogP contribution is 2.44. The highest BCUT2D eigenvalue weighted by molar-refractivity contribution is 7.04. The molecule has 0 saturated carbocycles. The second kappa shape index (κ2) is 10.9. The summed E-state index contributed by atoms with van der Waals surface area (Å²) in [4.78, 5) is 0. The molecule has 2 aromatic carbocycles. The van der Waals surface area contributed by atoms with E-state index >= 15 is 0 Å². The van der Waals surface area contributed by atoms with E-state index in [1.807, 2.05) is 13.8 Å². The second-order valence-corrected chi connectivity index (χ2v) is 19.7. The van der Waals surface area contributed by atoms with E-state index in [4.69, 9.17) is 8.85 Å². The minimum Gasteiger partial charge on any atom is -0.448 e. The van der Waals surface area contributed by atoms with Crippen molar-refractivity contribution in [1.29, 1.82) is 0 Å². The van der Waals surface area contributed by atoms with Gasteiger partial charge < -0.3 is 8.85 Å². The van der Waals surface area contributed by atoms with Gasteiger partial charge in [-0.05, 0) is 47.4 Å². The van der Waals surface area contributed by atoms with Gasteiger partial charge in [0.25, 0.3) is 8.32 Å². The number of hydrogen-bond acceptors (Lipinski definition) is 2. The predicted octanol–water partition coefficient (Wildman–Crippen LogP) is 6.61. The molecule has 0 heterocycles. The van der Waals surface area contributed by atoms with E-state index in [0.717, 1.165) is 13.2 Å². The Balaban J connectivity index is 0.000000804. The van der Waals surface area contributed by atoms with Gasteiger partial charge in [0.15, 0.2) is 8.32 Å². The Kier molecular flexibility index (Phi) is 9.74. The first kappa shape index (κ1) is 26.8. The standard InChI is InChI=1S/C22H34OSi2.C4H10O/c1-21(2,3)24(7,8)23-25(22(4,5)6,19-15-11-9-12-16-19)20-17-13-10-14-18-20;1-3-5-4-2/h9-18H,1-8H3;3-4H2,1-2H3. The maximum absolute atomic E-state index is 7.40. The van der Waals surface area contributed by atoms with Crippen LogP contribution in [0.5, 0.6) is 0 Å². The van der Waals surface area contributed by atoms with E-state index in [1.165, 1.54) is 10.4 Å². The lowest BCUT2D eigenvalue weighted by Gasteiger charge is -2.51. The van der Waals surface area contributed by atoms with E-state index in [2.05, 4.69) is 115 Å². The summed E-state index contributed by atoms with van der Waals surface area (Å²) in [5.41, 5.74) is 0. The van der Waals surface area contributed by atoms with Crippen LogP contribution in [-0.4, -0.2) is 29.8 Å². The van der Waals surface area contributed by atoms with E-state index in [9.17, 15) is 0 Å². The molecule has 0 bridgehead atoms. The summed E-state index contributed by atoms with van der Waals surface area (Å²) in [7, 11) is -4.39. The summed E-state index contributed by atoms with van der Waals surface area (Å²) in [6.07, 6.45) is 0. The van der Waals surface area contributed by atoms with Crippen molar-refractivity contribution in [2.24, 2.45) is 0 Å². The lowest BCUT2D eigenvalue weighted by atomic mass is 10.2. The highest BCUT2D eigenvalue weighted by Gasteiger charge is 2.54. The van der Waals surface area contributed by atoms with Gasteiger partial charge in [-0.3, -0.25) is 0 Å². The van der Waals surface area contributed by atoms with Crippen LogP contribution in [-0.2, 0) is 8.85 Å². The minimum absolute atomic E-state index is 0.0469. The fraction of sp³-hybridized carbons (Fsp3) is 0.538. The molecule has 0 aliphatic heterocycles. The van der Waals surface area contributed by atoms with Crippen LogP contribution in [0.1, 0.15) is 55.4 Å². The Morgan fingerprint density at radius 3 is 1.23 bits per heavy atom. The van der Waals surface area contributed by atoms with Crippen LogP contribution in [0.4, 0.5) is 0 Å². The molecule has 2 rings (SSSR count). The van der Waals surface area contributed by atoms with Gasteiger partial charge in [-0.15, -0.1) is 0 Å². The van der Waals surface area contributed by atoms with Crippen LogP contribution in [0, 0.1) is 0 Å². The first-order valence-corrected chi connectivity index (χ1v) is 16.0. The maximum Gasteiger partial charge on any atom is 0.250 e. The summed E-state index contributed by atoms with van der Waals surface area (Å²) >= 11 is 0. The monoisotopic (exact) mass is 444 g/mol. The van der Waals surface area contributed by atoms with Gasteiger partial charge in [0, 0.05) is 13.2 Å². The molecule has 0 N–H and O–H groups in total. The molecule has 0 aliphatic rings. The highest BCUT2D eigenvalue weighted by atomic mass is 28.4. The Labute approximate surface area is 188 Å². The second-order valence-electron chi connectivity index (χ2n) is 10.3. The van der Waals surface area contributed by atoms with Crippen LogP contribution in [0.2, 0.25) is 23.2 Å². The third kappa shape index (κ3) is 6.40. The van der Waals surface area contributed by atoms with Crippen molar-refractivity contribution in [3.63, 3.8) is 0 Å². The third-order valence-electron chi connectivity index (χ3n) is 6.04. The van der Waals surface area contributed by atoms with Crippen LogP contribution in [0.3, 0.4) is 0 Å². The van der Waals surface area contributed by atoms with Crippen LogP contribution in [0.25, 0.3) is 0 Å². The molecule has 168 valence electrons. The molecule has 0 atom stereocenters. The molecule has 4 heteroatoms. The average Bonchev–Trinajstić information content (AvgIpc) is 2.67. The number of rotatable bonds is 6. The Hall–Kier alpha value is -1.21. The fourth-order valence-electron chi connectivity index (χ4n) is 3.39. The van der Waals surface area contributed by atoms with Gasteiger partial charge in [-0.1, -0.05) is 102 Å². The molecule has 0 radical (unpaired) electrons. The van der Waals surface area contributed by atoms with Crippen molar-refractivity contribution in [2.45, 2.75) is 78.6 Å². The summed E-state index contributed by atoms with van der Waals surface area (Å²) < 4.78 is 12.2.